The highest BCUT2D eigenvalue weighted by atomic mass is 14.8. The molecule has 3 heteroatoms. The van der Waals surface area contributed by atoms with Crippen molar-refractivity contribution >= 4 is 11.0 Å². The van der Waals surface area contributed by atoms with Crippen molar-refractivity contribution in [1.29, 1.82) is 0 Å². The molecule has 2 aromatic rings. The van der Waals surface area contributed by atoms with Crippen LogP contribution in [0.2, 0.25) is 0 Å². The van der Waals surface area contributed by atoms with Crippen LogP contribution in [-0.2, 0) is 0 Å². The molecule has 2 rings (SSSR count). The number of H-pyrrole nitrogens is 1. The van der Waals surface area contributed by atoms with Gasteiger partial charge in [-0.25, -0.2) is 4.98 Å². The zero-order valence-corrected chi connectivity index (χ0v) is 7.90. The van der Waals surface area contributed by atoms with Gasteiger partial charge in [-0.1, -0.05) is 6.08 Å². The fraction of sp³-hybridized carbons (Fsp3) is 0.182. The normalized spacial score (nSPS) is 12.9. The Labute approximate surface area is 82.7 Å². The first-order chi connectivity index (χ1) is 6.83. The predicted octanol–water partition coefficient (Wildman–Crippen LogP) is 2.14. The van der Waals surface area contributed by atoms with E-state index < -0.39 is 0 Å². The summed E-state index contributed by atoms with van der Waals surface area (Å²) < 4.78 is 0. The minimum atomic E-state index is 0.00505. The number of nitrogens with one attached hydrogen (secondary N) is 1. The fourth-order valence-electron chi connectivity index (χ4n) is 1.59. The van der Waals surface area contributed by atoms with E-state index >= 15 is 0 Å². The van der Waals surface area contributed by atoms with Crippen LogP contribution >= 0.6 is 0 Å². The van der Waals surface area contributed by atoms with E-state index in [4.69, 9.17) is 5.73 Å². The van der Waals surface area contributed by atoms with Crippen LogP contribution in [0.3, 0.4) is 0 Å². The van der Waals surface area contributed by atoms with Crippen LogP contribution < -0.4 is 5.73 Å². The molecular weight excluding hydrogens is 174 g/mol. The molecule has 0 saturated carbocycles. The second-order valence-electron chi connectivity index (χ2n) is 3.27. The Morgan fingerprint density at radius 2 is 2.50 bits per heavy atom. The zero-order valence-electron chi connectivity index (χ0n) is 7.90. The van der Waals surface area contributed by atoms with Gasteiger partial charge in [0.1, 0.15) is 5.65 Å². The average Bonchev–Trinajstić information content (AvgIpc) is 2.61. The molecule has 0 aliphatic carbocycles. The molecule has 0 spiro atoms. The van der Waals surface area contributed by atoms with Crippen molar-refractivity contribution in [2.45, 2.75) is 12.5 Å². The Hall–Kier alpha value is -1.61. The first-order valence-corrected chi connectivity index (χ1v) is 4.61. The summed E-state index contributed by atoms with van der Waals surface area (Å²) in [6.07, 6.45) is 6.30. The largest absolute Gasteiger partial charge is 0.346 e. The minimum absolute atomic E-state index is 0.00505. The van der Waals surface area contributed by atoms with Gasteiger partial charge in [-0.3, -0.25) is 0 Å². The van der Waals surface area contributed by atoms with Crippen molar-refractivity contribution in [3.05, 3.63) is 42.7 Å². The SMILES string of the molecule is C=CCC(N)c1c[nH]c2ncccc12. The predicted molar refractivity (Wildman–Crippen MR) is 57.8 cm³/mol. The summed E-state index contributed by atoms with van der Waals surface area (Å²) in [6.45, 7) is 3.68. The van der Waals surface area contributed by atoms with Crippen LogP contribution in [0.5, 0.6) is 0 Å². The summed E-state index contributed by atoms with van der Waals surface area (Å²) in [4.78, 5) is 7.31. The molecule has 1 unspecified atom stereocenters. The van der Waals surface area contributed by atoms with Crippen molar-refractivity contribution in [1.82, 2.24) is 9.97 Å². The molecule has 0 fully saturated rings. The van der Waals surface area contributed by atoms with Crippen LogP contribution in [0.25, 0.3) is 11.0 Å². The lowest BCUT2D eigenvalue weighted by molar-refractivity contribution is 0.748. The molecule has 0 aliphatic heterocycles. The molecule has 0 saturated heterocycles. The second kappa shape index (κ2) is 3.64. The summed E-state index contributed by atoms with van der Waals surface area (Å²) in [5.74, 6) is 0. The number of nitrogens with two attached hydrogens (primary N) is 1. The smallest absolute Gasteiger partial charge is 0.137 e. The Kier molecular flexibility index (Phi) is 2.33. The molecule has 2 heterocycles. The lowest BCUT2D eigenvalue weighted by atomic mass is 10.1. The zero-order chi connectivity index (χ0) is 9.97. The van der Waals surface area contributed by atoms with Gasteiger partial charge >= 0.3 is 0 Å². The number of nitrogens with zero attached hydrogens (tertiary/aromatic N) is 1. The number of hydrogen-bond donors (Lipinski definition) is 2. The third-order valence-electron chi connectivity index (χ3n) is 2.30. The molecule has 0 radical (unpaired) electrons. The molecule has 14 heavy (non-hydrogen) atoms. The van der Waals surface area contributed by atoms with Gasteiger partial charge < -0.3 is 10.7 Å². The number of aromatic nitrogens is 2. The van der Waals surface area contributed by atoms with Gasteiger partial charge in [0, 0.05) is 23.8 Å². The van der Waals surface area contributed by atoms with E-state index in [2.05, 4.69) is 16.5 Å². The van der Waals surface area contributed by atoms with Crippen molar-refractivity contribution in [2.75, 3.05) is 0 Å². The van der Waals surface area contributed by atoms with Gasteiger partial charge in [-0.05, 0) is 24.1 Å². The topological polar surface area (TPSA) is 54.7 Å². The van der Waals surface area contributed by atoms with E-state index in [9.17, 15) is 0 Å². The summed E-state index contributed by atoms with van der Waals surface area (Å²) in [7, 11) is 0. The third kappa shape index (κ3) is 1.42. The monoisotopic (exact) mass is 187 g/mol. The number of aromatic amines is 1. The van der Waals surface area contributed by atoms with E-state index in [0.29, 0.717) is 0 Å². The second-order valence-corrected chi connectivity index (χ2v) is 3.27. The lowest BCUT2D eigenvalue weighted by Crippen LogP contribution is -2.08. The number of rotatable bonds is 3. The quantitative estimate of drug-likeness (QED) is 0.723. The van der Waals surface area contributed by atoms with Gasteiger partial charge in [0.2, 0.25) is 0 Å². The van der Waals surface area contributed by atoms with Crippen molar-refractivity contribution in [3.8, 4) is 0 Å². The van der Waals surface area contributed by atoms with Crippen LogP contribution in [0, 0.1) is 0 Å². The van der Waals surface area contributed by atoms with Gasteiger partial charge in [-0.2, -0.15) is 0 Å². The van der Waals surface area contributed by atoms with E-state index in [1.54, 1.807) is 6.20 Å². The molecular formula is C11H13N3. The number of hydrogen-bond acceptors (Lipinski definition) is 2. The average molecular weight is 187 g/mol. The van der Waals surface area contributed by atoms with Gasteiger partial charge in [0.25, 0.3) is 0 Å². The van der Waals surface area contributed by atoms with Crippen LogP contribution in [0.15, 0.2) is 37.2 Å². The molecule has 72 valence electrons. The van der Waals surface area contributed by atoms with Gasteiger partial charge in [0.15, 0.2) is 0 Å². The Morgan fingerprint density at radius 3 is 3.29 bits per heavy atom. The lowest BCUT2D eigenvalue weighted by Gasteiger charge is -2.06. The Morgan fingerprint density at radius 1 is 1.64 bits per heavy atom. The molecule has 0 aliphatic rings. The molecule has 0 aromatic carbocycles. The third-order valence-corrected chi connectivity index (χ3v) is 2.30. The van der Waals surface area contributed by atoms with Crippen LogP contribution in [0.1, 0.15) is 18.0 Å². The van der Waals surface area contributed by atoms with Crippen molar-refractivity contribution in [2.24, 2.45) is 5.73 Å². The van der Waals surface area contributed by atoms with Crippen molar-refractivity contribution < 1.29 is 0 Å². The van der Waals surface area contributed by atoms with Crippen molar-refractivity contribution in [3.63, 3.8) is 0 Å². The Bertz CT molecular complexity index is 444. The minimum Gasteiger partial charge on any atom is -0.346 e. The molecule has 0 amide bonds. The first kappa shape index (κ1) is 8.97. The fourth-order valence-corrected chi connectivity index (χ4v) is 1.59. The van der Waals surface area contributed by atoms with Gasteiger partial charge in [0.05, 0.1) is 0 Å². The molecule has 2 aromatic heterocycles. The maximum Gasteiger partial charge on any atom is 0.137 e. The van der Waals surface area contributed by atoms with E-state index in [1.807, 2.05) is 24.4 Å². The summed E-state index contributed by atoms with van der Waals surface area (Å²) in [5, 5.41) is 1.10. The Balaban J connectivity index is 2.47. The highest BCUT2D eigenvalue weighted by Gasteiger charge is 2.09. The van der Waals surface area contributed by atoms with Crippen LogP contribution in [-0.4, -0.2) is 9.97 Å². The highest BCUT2D eigenvalue weighted by Crippen LogP contribution is 2.22. The number of fused-ring (bicyclic) bond motifs is 1. The molecule has 1 atom stereocenters. The summed E-state index contributed by atoms with van der Waals surface area (Å²) in [6, 6.07) is 3.95. The van der Waals surface area contributed by atoms with Gasteiger partial charge in [-0.15, -0.1) is 6.58 Å². The maximum atomic E-state index is 6.00. The summed E-state index contributed by atoms with van der Waals surface area (Å²) in [5.41, 5.74) is 7.99. The number of pyridine rings is 1. The maximum absolute atomic E-state index is 6.00. The first-order valence-electron chi connectivity index (χ1n) is 4.61. The molecule has 3 N–H and O–H groups in total. The standard InChI is InChI=1S/C11H13N3/c1-2-4-10(12)9-7-14-11-8(9)5-3-6-13-11/h2-3,5-7,10H,1,4,12H2,(H,13,14). The summed E-state index contributed by atoms with van der Waals surface area (Å²) >= 11 is 0. The molecule has 3 nitrogen and oxygen atoms in total. The van der Waals surface area contributed by atoms with Crippen LogP contribution in [0.4, 0.5) is 0 Å². The highest BCUT2D eigenvalue weighted by molar-refractivity contribution is 5.79. The van der Waals surface area contributed by atoms with E-state index in [-0.39, 0.29) is 6.04 Å². The van der Waals surface area contributed by atoms with E-state index in [0.717, 1.165) is 23.0 Å². The molecule has 0 bridgehead atoms. The van der Waals surface area contributed by atoms with E-state index in [1.165, 1.54) is 0 Å².